The van der Waals surface area contributed by atoms with Gasteiger partial charge in [-0.1, -0.05) is 34.1 Å². The smallest absolute Gasteiger partial charge is 0.148 e. The number of aliphatic hydroxyl groups excluding tert-OH is 1. The molecule has 0 bridgehead atoms. The Morgan fingerprint density at radius 2 is 1.75 bits per heavy atom. The Morgan fingerprint density at radius 3 is 2.10 bits per heavy atom. The highest BCUT2D eigenvalue weighted by Crippen LogP contribution is 2.36. The van der Waals surface area contributed by atoms with E-state index in [2.05, 4.69) is 13.8 Å². The summed E-state index contributed by atoms with van der Waals surface area (Å²) in [6.07, 6.45) is 0.541. The molecule has 3 atom stereocenters. The van der Waals surface area contributed by atoms with E-state index in [-0.39, 0.29) is 18.0 Å². The van der Waals surface area contributed by atoms with Gasteiger partial charge >= 0.3 is 0 Å². The molecule has 0 aromatic rings. The topological polar surface area (TPSA) is 63.6 Å². The molecule has 0 spiro atoms. The number of ketones is 2. The molecule has 0 rings (SSSR count). The lowest BCUT2D eigenvalue weighted by molar-refractivity contribution is -0.162. The van der Waals surface area contributed by atoms with Crippen LogP contribution in [0.4, 0.5) is 0 Å². The number of hydrogen-bond acceptors (Lipinski definition) is 4. The molecule has 0 saturated carbocycles. The van der Waals surface area contributed by atoms with E-state index in [4.69, 9.17) is 4.74 Å². The van der Waals surface area contributed by atoms with E-state index in [0.29, 0.717) is 12.3 Å². The molecule has 4 heteroatoms. The van der Waals surface area contributed by atoms with Gasteiger partial charge in [0.15, 0.2) is 0 Å². The van der Waals surface area contributed by atoms with E-state index in [1.54, 1.807) is 21.0 Å². The standard InChI is InChI=1S/C16H30O4/c1-8-11(2)10-16(6,20-7)14(19)15(4,5)13(18)9-12(3)17/h11,14,19H,8-10H2,1-7H3/t11-,14-,16+/m0/s1. The number of carbonyl (C=O) groups excluding carboxylic acids is 2. The number of hydrogen-bond donors (Lipinski definition) is 1. The fourth-order valence-corrected chi connectivity index (χ4v) is 2.51. The van der Waals surface area contributed by atoms with Crippen molar-refractivity contribution in [1.82, 2.24) is 0 Å². The summed E-state index contributed by atoms with van der Waals surface area (Å²) >= 11 is 0. The van der Waals surface area contributed by atoms with Crippen LogP contribution in [0.15, 0.2) is 0 Å². The summed E-state index contributed by atoms with van der Waals surface area (Å²) < 4.78 is 5.53. The summed E-state index contributed by atoms with van der Waals surface area (Å²) in [5, 5.41) is 10.7. The molecule has 118 valence electrons. The summed E-state index contributed by atoms with van der Waals surface area (Å²) in [6, 6.07) is 0. The molecule has 0 heterocycles. The lowest BCUT2D eigenvalue weighted by atomic mass is 9.71. The van der Waals surface area contributed by atoms with Crippen LogP contribution in [0.3, 0.4) is 0 Å². The predicted octanol–water partition coefficient (Wildman–Crippen LogP) is 2.76. The quantitative estimate of drug-likeness (QED) is 0.662. The summed E-state index contributed by atoms with van der Waals surface area (Å²) in [5.41, 5.74) is -1.81. The summed E-state index contributed by atoms with van der Waals surface area (Å²) in [7, 11) is 1.55. The van der Waals surface area contributed by atoms with Gasteiger partial charge in [0.25, 0.3) is 0 Å². The van der Waals surface area contributed by atoms with Crippen LogP contribution >= 0.6 is 0 Å². The lowest BCUT2D eigenvalue weighted by Gasteiger charge is -2.42. The summed E-state index contributed by atoms with van der Waals surface area (Å²) in [4.78, 5) is 23.3. The van der Waals surface area contributed by atoms with Crippen LogP contribution in [0.2, 0.25) is 0 Å². The molecule has 0 unspecified atom stereocenters. The van der Waals surface area contributed by atoms with E-state index in [0.717, 1.165) is 6.42 Å². The zero-order chi connectivity index (χ0) is 16.1. The molecule has 0 fully saturated rings. The SMILES string of the molecule is CC[C@H](C)C[C@@](C)(OC)[C@@H](O)C(C)(C)C(=O)CC(C)=O. The Kier molecular flexibility index (Phi) is 7.05. The summed E-state index contributed by atoms with van der Waals surface area (Å²) in [6.45, 7) is 10.7. The zero-order valence-corrected chi connectivity index (χ0v) is 13.9. The third kappa shape index (κ3) is 4.67. The molecule has 0 aliphatic heterocycles. The van der Waals surface area contributed by atoms with Gasteiger partial charge in [-0.3, -0.25) is 9.59 Å². The fourth-order valence-electron chi connectivity index (χ4n) is 2.51. The second kappa shape index (κ2) is 7.32. The third-order valence-corrected chi connectivity index (χ3v) is 4.31. The van der Waals surface area contributed by atoms with Gasteiger partial charge in [-0.05, 0) is 26.2 Å². The van der Waals surface area contributed by atoms with Crippen LogP contribution in [-0.4, -0.2) is 35.5 Å². The van der Waals surface area contributed by atoms with Crippen molar-refractivity contribution in [3.05, 3.63) is 0 Å². The molecule has 0 radical (unpaired) electrons. The Bertz CT molecular complexity index is 348. The maximum Gasteiger partial charge on any atom is 0.148 e. The Labute approximate surface area is 122 Å². The molecule has 0 aliphatic rings. The van der Waals surface area contributed by atoms with Crippen molar-refractivity contribution in [2.45, 2.75) is 72.5 Å². The molecule has 1 N–H and O–H groups in total. The average molecular weight is 286 g/mol. The van der Waals surface area contributed by atoms with Crippen molar-refractivity contribution >= 4 is 11.6 Å². The maximum absolute atomic E-state index is 12.2. The Balaban J connectivity index is 5.19. The number of carbonyl (C=O) groups is 2. The molecule has 0 amide bonds. The van der Waals surface area contributed by atoms with E-state index < -0.39 is 17.1 Å². The largest absolute Gasteiger partial charge is 0.389 e. The molecule has 0 aliphatic carbocycles. The minimum atomic E-state index is -1.01. The van der Waals surface area contributed by atoms with E-state index >= 15 is 0 Å². The zero-order valence-electron chi connectivity index (χ0n) is 13.9. The van der Waals surface area contributed by atoms with Crippen molar-refractivity contribution in [3.63, 3.8) is 0 Å². The van der Waals surface area contributed by atoms with Gasteiger partial charge < -0.3 is 9.84 Å². The molecule has 4 nitrogen and oxygen atoms in total. The van der Waals surface area contributed by atoms with Crippen molar-refractivity contribution < 1.29 is 19.4 Å². The number of methoxy groups -OCH3 is 1. The molecule has 0 saturated heterocycles. The van der Waals surface area contributed by atoms with Gasteiger partial charge in [0, 0.05) is 7.11 Å². The minimum Gasteiger partial charge on any atom is -0.389 e. The second-order valence-electron chi connectivity index (χ2n) is 6.66. The third-order valence-electron chi connectivity index (χ3n) is 4.31. The van der Waals surface area contributed by atoms with Gasteiger partial charge in [0.2, 0.25) is 0 Å². The van der Waals surface area contributed by atoms with Crippen LogP contribution in [0.5, 0.6) is 0 Å². The molecule has 0 aromatic carbocycles. The van der Waals surface area contributed by atoms with Gasteiger partial charge in [-0.25, -0.2) is 0 Å². The Morgan fingerprint density at radius 1 is 1.25 bits per heavy atom. The number of Topliss-reactive ketones (excluding diaryl/α,β-unsaturated/α-hetero) is 2. The normalized spacial score (nSPS) is 18.2. The van der Waals surface area contributed by atoms with Crippen molar-refractivity contribution in [1.29, 1.82) is 0 Å². The minimum absolute atomic E-state index is 0.146. The highest BCUT2D eigenvalue weighted by atomic mass is 16.5. The average Bonchev–Trinajstić information content (AvgIpc) is 2.36. The highest BCUT2D eigenvalue weighted by molar-refractivity contribution is 6.00. The number of aliphatic hydroxyl groups is 1. The fraction of sp³-hybridized carbons (Fsp3) is 0.875. The molecular formula is C16H30O4. The number of rotatable bonds is 9. The molecular weight excluding hydrogens is 256 g/mol. The Hall–Kier alpha value is -0.740. The van der Waals surface area contributed by atoms with E-state index in [1.807, 2.05) is 6.92 Å². The molecule has 20 heavy (non-hydrogen) atoms. The second-order valence-corrected chi connectivity index (χ2v) is 6.66. The van der Waals surface area contributed by atoms with Gasteiger partial charge in [-0.15, -0.1) is 0 Å². The van der Waals surface area contributed by atoms with Gasteiger partial charge in [0.1, 0.15) is 11.6 Å². The van der Waals surface area contributed by atoms with Crippen LogP contribution < -0.4 is 0 Å². The van der Waals surface area contributed by atoms with E-state index in [9.17, 15) is 14.7 Å². The van der Waals surface area contributed by atoms with Gasteiger partial charge in [0.05, 0.1) is 23.5 Å². The van der Waals surface area contributed by atoms with Gasteiger partial charge in [-0.2, -0.15) is 0 Å². The van der Waals surface area contributed by atoms with Crippen molar-refractivity contribution in [2.24, 2.45) is 11.3 Å². The molecule has 0 aromatic heterocycles. The number of ether oxygens (including phenoxy) is 1. The van der Waals surface area contributed by atoms with Crippen molar-refractivity contribution in [3.8, 4) is 0 Å². The first-order chi connectivity index (χ1) is 9.01. The highest BCUT2D eigenvalue weighted by Gasteiger charge is 2.47. The van der Waals surface area contributed by atoms with Crippen molar-refractivity contribution in [2.75, 3.05) is 7.11 Å². The predicted molar refractivity (Wildman–Crippen MR) is 79.6 cm³/mol. The van der Waals surface area contributed by atoms with Crippen LogP contribution in [0, 0.1) is 11.3 Å². The monoisotopic (exact) mass is 286 g/mol. The first-order valence-electron chi connectivity index (χ1n) is 7.27. The lowest BCUT2D eigenvalue weighted by Crippen LogP contribution is -2.53. The van der Waals surface area contributed by atoms with Crippen LogP contribution in [0.25, 0.3) is 0 Å². The summed E-state index contributed by atoms with van der Waals surface area (Å²) in [5.74, 6) is -0.0467. The first kappa shape index (κ1) is 19.3. The van der Waals surface area contributed by atoms with E-state index in [1.165, 1.54) is 6.92 Å². The maximum atomic E-state index is 12.2. The van der Waals surface area contributed by atoms with Crippen LogP contribution in [-0.2, 0) is 14.3 Å². The first-order valence-corrected chi connectivity index (χ1v) is 7.27. The van der Waals surface area contributed by atoms with Crippen LogP contribution in [0.1, 0.15) is 60.8 Å².